The number of carbonyl (C=O) groups is 1. The van der Waals surface area contributed by atoms with Gasteiger partial charge in [-0.25, -0.2) is 0 Å². The fourth-order valence-corrected chi connectivity index (χ4v) is 5.21. The van der Waals surface area contributed by atoms with Crippen LogP contribution in [0.5, 0.6) is 0 Å². The van der Waals surface area contributed by atoms with Gasteiger partial charge in [0, 0.05) is 24.5 Å². The number of thiophene rings is 1. The highest BCUT2D eigenvalue weighted by molar-refractivity contribution is 7.16. The average molecular weight is 379 g/mol. The molecule has 27 heavy (non-hydrogen) atoms. The number of carbonyl (C=O) groups excluding carboxylic acids is 1. The fourth-order valence-electron chi connectivity index (χ4n) is 3.90. The third kappa shape index (κ3) is 3.05. The van der Waals surface area contributed by atoms with Gasteiger partial charge in [0.25, 0.3) is 5.91 Å². The summed E-state index contributed by atoms with van der Waals surface area (Å²) in [4.78, 5) is 16.5. The molecule has 0 saturated carbocycles. The molecule has 0 spiro atoms. The normalized spacial score (nSPS) is 19.1. The largest absolute Gasteiger partial charge is 0.462 e. The van der Waals surface area contributed by atoms with Gasteiger partial charge in [0.2, 0.25) is 0 Å². The minimum atomic E-state index is -0.306. The van der Waals surface area contributed by atoms with E-state index in [1.54, 1.807) is 11.3 Å². The molecule has 0 bridgehead atoms. The highest BCUT2D eigenvalue weighted by Gasteiger charge is 2.34. The maximum atomic E-state index is 12.8. The van der Waals surface area contributed by atoms with E-state index in [2.05, 4.69) is 39.8 Å². The number of furan rings is 1. The van der Waals surface area contributed by atoms with Gasteiger partial charge in [-0.05, 0) is 36.6 Å². The van der Waals surface area contributed by atoms with E-state index in [0.717, 1.165) is 48.1 Å². The fraction of sp³-hybridized carbons (Fsp3) is 0.286. The number of nitrogens with one attached hydrogen (secondary N) is 2. The molecule has 4 heterocycles. The molecule has 6 heteroatoms. The van der Waals surface area contributed by atoms with Gasteiger partial charge in [0.1, 0.15) is 16.5 Å². The summed E-state index contributed by atoms with van der Waals surface area (Å²) >= 11 is 1.71. The summed E-state index contributed by atoms with van der Waals surface area (Å²) in [5, 5.41) is 7.45. The third-order valence-corrected chi connectivity index (χ3v) is 6.36. The Morgan fingerprint density at radius 3 is 2.81 bits per heavy atom. The van der Waals surface area contributed by atoms with Crippen LogP contribution in [-0.2, 0) is 19.5 Å². The van der Waals surface area contributed by atoms with Crippen molar-refractivity contribution in [1.82, 2.24) is 10.2 Å². The van der Waals surface area contributed by atoms with Crippen LogP contribution in [0.3, 0.4) is 0 Å². The second kappa shape index (κ2) is 6.55. The maximum Gasteiger partial charge on any atom is 0.256 e. The van der Waals surface area contributed by atoms with Crippen molar-refractivity contribution in [2.45, 2.75) is 32.6 Å². The van der Waals surface area contributed by atoms with E-state index in [1.807, 2.05) is 25.1 Å². The summed E-state index contributed by atoms with van der Waals surface area (Å²) in [5.74, 6) is 1.58. The van der Waals surface area contributed by atoms with E-state index in [4.69, 9.17) is 4.42 Å². The van der Waals surface area contributed by atoms with E-state index in [9.17, 15) is 4.79 Å². The van der Waals surface area contributed by atoms with Crippen molar-refractivity contribution in [2.24, 2.45) is 0 Å². The highest BCUT2D eigenvalue weighted by Crippen LogP contribution is 2.41. The van der Waals surface area contributed by atoms with Crippen molar-refractivity contribution in [3.63, 3.8) is 0 Å². The number of amides is 1. The summed E-state index contributed by atoms with van der Waals surface area (Å²) in [5.41, 5.74) is 3.36. The Bertz CT molecular complexity index is 992. The molecular formula is C21H21N3O2S. The highest BCUT2D eigenvalue weighted by atomic mass is 32.1. The third-order valence-electron chi connectivity index (χ3n) is 5.21. The lowest BCUT2D eigenvalue weighted by molar-refractivity contribution is 0.0929. The zero-order valence-electron chi connectivity index (χ0n) is 15.1. The molecule has 2 aliphatic rings. The van der Waals surface area contributed by atoms with Crippen LogP contribution in [0.25, 0.3) is 0 Å². The average Bonchev–Trinajstić information content (AvgIpc) is 3.25. The van der Waals surface area contributed by atoms with Crippen molar-refractivity contribution in [3.8, 4) is 0 Å². The molecule has 2 N–H and O–H groups in total. The van der Waals surface area contributed by atoms with Gasteiger partial charge in [-0.15, -0.1) is 11.3 Å². The maximum absolute atomic E-state index is 12.8. The Kier molecular flexibility index (Phi) is 4.02. The molecule has 1 atom stereocenters. The molecule has 1 amide bonds. The predicted molar refractivity (Wildman–Crippen MR) is 106 cm³/mol. The molecule has 0 unspecified atom stereocenters. The van der Waals surface area contributed by atoms with Crippen LogP contribution < -0.4 is 10.6 Å². The minimum absolute atomic E-state index is 0.00295. The number of anilines is 1. The van der Waals surface area contributed by atoms with Crippen LogP contribution in [0, 0.1) is 6.92 Å². The summed E-state index contributed by atoms with van der Waals surface area (Å²) in [6, 6.07) is 14.4. The zero-order valence-corrected chi connectivity index (χ0v) is 15.9. The van der Waals surface area contributed by atoms with E-state index >= 15 is 0 Å². The Balaban J connectivity index is 1.38. The first-order valence-electron chi connectivity index (χ1n) is 9.22. The molecule has 0 saturated heterocycles. The van der Waals surface area contributed by atoms with Crippen LogP contribution >= 0.6 is 11.3 Å². The summed E-state index contributed by atoms with van der Waals surface area (Å²) in [6.07, 6.45) is 0.604. The predicted octanol–water partition coefficient (Wildman–Crippen LogP) is 4.06. The molecule has 0 aliphatic carbocycles. The zero-order chi connectivity index (χ0) is 18.4. The summed E-state index contributed by atoms with van der Waals surface area (Å²) in [6.45, 7) is 4.71. The van der Waals surface area contributed by atoms with Crippen LogP contribution in [0.1, 0.15) is 44.0 Å². The molecule has 0 radical (unpaired) electrons. The topological polar surface area (TPSA) is 57.5 Å². The Morgan fingerprint density at radius 1 is 1.19 bits per heavy atom. The number of benzene rings is 1. The van der Waals surface area contributed by atoms with E-state index in [-0.39, 0.29) is 12.1 Å². The number of fused-ring (bicyclic) bond motifs is 3. The number of nitrogens with zero attached hydrogens (tertiary/aromatic N) is 1. The van der Waals surface area contributed by atoms with Gasteiger partial charge >= 0.3 is 0 Å². The quantitative estimate of drug-likeness (QED) is 0.720. The lowest BCUT2D eigenvalue weighted by Crippen LogP contribution is -2.38. The van der Waals surface area contributed by atoms with Crippen LogP contribution in [0.2, 0.25) is 0 Å². The molecular weight excluding hydrogens is 358 g/mol. The lowest BCUT2D eigenvalue weighted by atomic mass is 10.0. The number of aryl methyl sites for hydroxylation is 1. The molecule has 0 fully saturated rings. The molecule has 1 aromatic carbocycles. The summed E-state index contributed by atoms with van der Waals surface area (Å²) in [7, 11) is 0. The standard InChI is InChI=1S/C21H21N3O2S/c1-13-7-8-16(26-13)19-22-20(25)18-15-9-10-24(11-14-5-3-2-4-6-14)12-17(15)27-21(18)23-19/h2-8,19,23H,9-12H2,1H3,(H,22,25)/t19-/m0/s1. The molecule has 3 aromatic rings. The van der Waals surface area contributed by atoms with E-state index in [0.29, 0.717) is 0 Å². The minimum Gasteiger partial charge on any atom is -0.462 e. The summed E-state index contributed by atoms with van der Waals surface area (Å²) < 4.78 is 5.69. The first kappa shape index (κ1) is 16.6. The number of hydrogen-bond acceptors (Lipinski definition) is 5. The van der Waals surface area contributed by atoms with Crippen molar-refractivity contribution >= 4 is 22.2 Å². The van der Waals surface area contributed by atoms with Gasteiger partial charge < -0.3 is 15.1 Å². The SMILES string of the molecule is Cc1ccc([C@H]2NC(=O)c3c(sc4c3CCN(Cc3ccccc3)C4)N2)o1. The number of hydrogen-bond donors (Lipinski definition) is 2. The van der Waals surface area contributed by atoms with E-state index in [1.165, 1.54) is 16.0 Å². The molecule has 138 valence electrons. The Morgan fingerprint density at radius 2 is 2.04 bits per heavy atom. The van der Waals surface area contributed by atoms with Crippen LogP contribution in [0.15, 0.2) is 46.9 Å². The van der Waals surface area contributed by atoms with Gasteiger partial charge in [0.15, 0.2) is 6.17 Å². The van der Waals surface area contributed by atoms with Gasteiger partial charge in [0.05, 0.1) is 5.56 Å². The lowest BCUT2D eigenvalue weighted by Gasteiger charge is -2.28. The molecule has 5 rings (SSSR count). The van der Waals surface area contributed by atoms with Gasteiger partial charge in [-0.1, -0.05) is 30.3 Å². The van der Waals surface area contributed by atoms with Crippen molar-refractivity contribution in [1.29, 1.82) is 0 Å². The van der Waals surface area contributed by atoms with Gasteiger partial charge in [-0.3, -0.25) is 9.69 Å². The molecule has 2 aliphatic heterocycles. The van der Waals surface area contributed by atoms with Crippen LogP contribution in [0.4, 0.5) is 5.00 Å². The van der Waals surface area contributed by atoms with Crippen LogP contribution in [-0.4, -0.2) is 17.4 Å². The van der Waals surface area contributed by atoms with E-state index < -0.39 is 0 Å². The monoisotopic (exact) mass is 379 g/mol. The first-order valence-corrected chi connectivity index (χ1v) is 10.0. The first-order chi connectivity index (χ1) is 13.2. The number of rotatable bonds is 3. The second-order valence-corrected chi connectivity index (χ2v) is 8.26. The van der Waals surface area contributed by atoms with Crippen molar-refractivity contribution < 1.29 is 9.21 Å². The molecule has 5 nitrogen and oxygen atoms in total. The smallest absolute Gasteiger partial charge is 0.256 e. The Hall–Kier alpha value is -2.57. The van der Waals surface area contributed by atoms with Crippen molar-refractivity contribution in [3.05, 3.63) is 75.6 Å². The van der Waals surface area contributed by atoms with Gasteiger partial charge in [-0.2, -0.15) is 0 Å². The second-order valence-electron chi connectivity index (χ2n) is 7.15. The Labute approximate surface area is 162 Å². The molecule has 2 aromatic heterocycles. The van der Waals surface area contributed by atoms with Crippen molar-refractivity contribution in [2.75, 3.05) is 11.9 Å².